The number of ether oxygens (including phenoxy) is 1. The maximum atomic E-state index is 12.3. The molecule has 24 heavy (non-hydrogen) atoms. The molecule has 0 saturated carbocycles. The van der Waals surface area contributed by atoms with Gasteiger partial charge in [-0.3, -0.25) is 19.5 Å². The summed E-state index contributed by atoms with van der Waals surface area (Å²) < 4.78 is 7.37. The van der Waals surface area contributed by atoms with Gasteiger partial charge in [0.05, 0.1) is 17.5 Å². The molecular formula is C15H13N3O4S2. The highest BCUT2D eigenvalue weighted by atomic mass is 32.2. The summed E-state index contributed by atoms with van der Waals surface area (Å²) in [5, 5.41) is 13.3. The van der Waals surface area contributed by atoms with Gasteiger partial charge in [-0.2, -0.15) is 0 Å². The highest BCUT2D eigenvalue weighted by molar-refractivity contribution is 7.98. The summed E-state index contributed by atoms with van der Waals surface area (Å²) in [6.45, 7) is 0. The average molecular weight is 363 g/mol. The van der Waals surface area contributed by atoms with Gasteiger partial charge in [-0.1, -0.05) is 11.8 Å². The van der Waals surface area contributed by atoms with Crippen molar-refractivity contribution < 1.29 is 9.66 Å². The Morgan fingerprint density at radius 3 is 2.92 bits per heavy atom. The second kappa shape index (κ2) is 6.62. The number of hydrogen-bond acceptors (Lipinski definition) is 7. The maximum Gasteiger partial charge on any atom is 0.271 e. The van der Waals surface area contributed by atoms with E-state index in [-0.39, 0.29) is 11.2 Å². The first-order valence-corrected chi connectivity index (χ1v) is 8.76. The molecule has 0 aliphatic heterocycles. The molecule has 124 valence electrons. The average Bonchev–Trinajstić information content (AvgIpc) is 3.05. The van der Waals surface area contributed by atoms with Gasteiger partial charge in [0.1, 0.15) is 10.4 Å². The molecule has 0 amide bonds. The lowest BCUT2D eigenvalue weighted by atomic mass is 10.2. The van der Waals surface area contributed by atoms with E-state index < -0.39 is 4.92 Å². The number of benzene rings is 1. The minimum atomic E-state index is -0.445. The quantitative estimate of drug-likeness (QED) is 0.299. The molecule has 0 saturated heterocycles. The van der Waals surface area contributed by atoms with Gasteiger partial charge < -0.3 is 4.74 Å². The van der Waals surface area contributed by atoms with E-state index >= 15 is 0 Å². The molecule has 3 aromatic rings. The van der Waals surface area contributed by atoms with Crippen molar-refractivity contribution in [1.29, 1.82) is 0 Å². The van der Waals surface area contributed by atoms with Gasteiger partial charge in [-0.15, -0.1) is 11.3 Å². The first-order valence-electron chi connectivity index (χ1n) is 6.89. The maximum absolute atomic E-state index is 12.3. The van der Waals surface area contributed by atoms with E-state index in [9.17, 15) is 14.9 Å². The van der Waals surface area contributed by atoms with Crippen LogP contribution in [0.4, 0.5) is 5.69 Å². The number of fused-ring (bicyclic) bond motifs is 1. The number of nitrogens with zero attached hydrogens (tertiary/aromatic N) is 3. The summed E-state index contributed by atoms with van der Waals surface area (Å²) in [7, 11) is 3.18. The van der Waals surface area contributed by atoms with E-state index in [1.54, 1.807) is 19.2 Å². The van der Waals surface area contributed by atoms with Gasteiger partial charge >= 0.3 is 0 Å². The first kappa shape index (κ1) is 16.5. The summed E-state index contributed by atoms with van der Waals surface area (Å²) in [5.41, 5.74) is 1.25. The number of thioether (sulfide) groups is 1. The molecule has 0 atom stereocenters. The summed E-state index contributed by atoms with van der Waals surface area (Å²) in [6, 6.07) is 6.26. The summed E-state index contributed by atoms with van der Waals surface area (Å²) in [6.07, 6.45) is 0. The van der Waals surface area contributed by atoms with Crippen LogP contribution in [0.2, 0.25) is 0 Å². The largest absolute Gasteiger partial charge is 0.496 e. The van der Waals surface area contributed by atoms with E-state index in [0.717, 1.165) is 0 Å². The van der Waals surface area contributed by atoms with Crippen LogP contribution in [-0.4, -0.2) is 21.6 Å². The second-order valence-electron chi connectivity index (χ2n) is 4.94. The molecule has 1 aromatic carbocycles. The van der Waals surface area contributed by atoms with Crippen molar-refractivity contribution >= 4 is 39.0 Å². The first-order chi connectivity index (χ1) is 11.5. The van der Waals surface area contributed by atoms with Gasteiger partial charge in [-0.05, 0) is 17.5 Å². The molecule has 0 bridgehead atoms. The number of methoxy groups -OCH3 is 1. The van der Waals surface area contributed by atoms with Gasteiger partial charge in [0.15, 0.2) is 5.16 Å². The molecule has 0 aliphatic carbocycles. The highest BCUT2D eigenvalue weighted by Crippen LogP contribution is 2.30. The smallest absolute Gasteiger partial charge is 0.271 e. The molecule has 7 nitrogen and oxygen atoms in total. The number of non-ortho nitro benzene ring substituents is 1. The van der Waals surface area contributed by atoms with Crippen molar-refractivity contribution in [2.45, 2.75) is 10.9 Å². The number of rotatable bonds is 5. The van der Waals surface area contributed by atoms with E-state index in [0.29, 0.717) is 32.4 Å². The Morgan fingerprint density at radius 2 is 2.21 bits per heavy atom. The molecule has 0 spiro atoms. The van der Waals surface area contributed by atoms with Crippen LogP contribution in [0.25, 0.3) is 10.2 Å². The lowest BCUT2D eigenvalue weighted by Crippen LogP contribution is -2.18. The minimum Gasteiger partial charge on any atom is -0.496 e. The standard InChI is InChI=1S/C15H13N3O4S2/c1-17-14(19)13-11(5-6-23-13)16-15(17)24-8-9-7-10(18(20)21)3-4-12(9)22-2/h3-7H,8H2,1-2H3. The fraction of sp³-hybridized carbons (Fsp3) is 0.200. The SMILES string of the molecule is COc1ccc([N+](=O)[O-])cc1CSc1nc2ccsc2c(=O)n1C. The van der Waals surface area contributed by atoms with Gasteiger partial charge in [0.2, 0.25) is 0 Å². The third-order valence-corrected chi connectivity index (χ3v) is 5.45. The van der Waals surface area contributed by atoms with Crippen molar-refractivity contribution in [1.82, 2.24) is 9.55 Å². The van der Waals surface area contributed by atoms with E-state index in [1.807, 2.05) is 5.38 Å². The predicted molar refractivity (Wildman–Crippen MR) is 94.1 cm³/mol. The molecule has 9 heteroatoms. The summed E-state index contributed by atoms with van der Waals surface area (Å²) in [5.74, 6) is 0.968. The monoisotopic (exact) mass is 363 g/mol. The van der Waals surface area contributed by atoms with Crippen molar-refractivity contribution in [3.63, 3.8) is 0 Å². The molecule has 3 rings (SSSR count). The third-order valence-electron chi connectivity index (χ3n) is 3.48. The Labute approximate surface area is 145 Å². The zero-order chi connectivity index (χ0) is 17.3. The van der Waals surface area contributed by atoms with Crippen molar-refractivity contribution in [3.8, 4) is 5.75 Å². The third kappa shape index (κ3) is 3.00. The van der Waals surface area contributed by atoms with Crippen LogP contribution in [0, 0.1) is 10.1 Å². The number of nitro groups is 1. The molecule has 0 unspecified atom stereocenters. The van der Waals surface area contributed by atoms with E-state index in [2.05, 4.69) is 4.98 Å². The Morgan fingerprint density at radius 1 is 1.42 bits per heavy atom. The van der Waals surface area contributed by atoms with Gasteiger partial charge in [0.25, 0.3) is 11.2 Å². The lowest BCUT2D eigenvalue weighted by Gasteiger charge is -2.10. The number of thiophene rings is 1. The van der Waals surface area contributed by atoms with Crippen LogP contribution < -0.4 is 10.3 Å². The van der Waals surface area contributed by atoms with E-state index in [1.165, 1.54) is 46.9 Å². The van der Waals surface area contributed by atoms with Crippen LogP contribution in [0.1, 0.15) is 5.56 Å². The van der Waals surface area contributed by atoms with Crippen LogP contribution in [-0.2, 0) is 12.8 Å². The lowest BCUT2D eigenvalue weighted by molar-refractivity contribution is -0.384. The Hall–Kier alpha value is -2.39. The van der Waals surface area contributed by atoms with Crippen LogP contribution >= 0.6 is 23.1 Å². The molecule has 2 heterocycles. The summed E-state index contributed by atoms with van der Waals surface area (Å²) in [4.78, 5) is 27.3. The van der Waals surface area contributed by atoms with Crippen LogP contribution in [0.15, 0.2) is 39.6 Å². The Kier molecular flexibility index (Phi) is 4.54. The molecular weight excluding hydrogens is 350 g/mol. The fourth-order valence-corrected chi connectivity index (χ4v) is 3.99. The van der Waals surface area contributed by atoms with Gasteiger partial charge in [-0.25, -0.2) is 4.98 Å². The highest BCUT2D eigenvalue weighted by Gasteiger charge is 2.14. The van der Waals surface area contributed by atoms with Crippen molar-refractivity contribution in [3.05, 3.63) is 55.7 Å². The van der Waals surface area contributed by atoms with E-state index in [4.69, 9.17) is 4.74 Å². The van der Waals surface area contributed by atoms with Crippen LogP contribution in [0.3, 0.4) is 0 Å². The predicted octanol–water partition coefficient (Wildman–Crippen LogP) is 3.20. The Bertz CT molecular complexity index is 980. The molecule has 0 radical (unpaired) electrons. The second-order valence-corrected chi connectivity index (χ2v) is 6.79. The summed E-state index contributed by atoms with van der Waals surface area (Å²) >= 11 is 2.70. The zero-order valence-electron chi connectivity index (χ0n) is 12.9. The van der Waals surface area contributed by atoms with Gasteiger partial charge in [0, 0.05) is 30.5 Å². The molecule has 0 N–H and O–H groups in total. The minimum absolute atomic E-state index is 0.00142. The fourth-order valence-electron chi connectivity index (χ4n) is 2.23. The molecule has 0 aliphatic rings. The number of aromatic nitrogens is 2. The van der Waals surface area contributed by atoms with Crippen molar-refractivity contribution in [2.75, 3.05) is 7.11 Å². The zero-order valence-corrected chi connectivity index (χ0v) is 14.5. The normalized spacial score (nSPS) is 10.9. The number of hydrogen-bond donors (Lipinski definition) is 0. The molecule has 2 aromatic heterocycles. The molecule has 0 fully saturated rings. The Balaban J connectivity index is 1.93. The van der Waals surface area contributed by atoms with Crippen LogP contribution in [0.5, 0.6) is 5.75 Å². The topological polar surface area (TPSA) is 87.3 Å². The number of nitro benzene ring substituents is 1. The van der Waals surface area contributed by atoms with Crippen molar-refractivity contribution in [2.24, 2.45) is 7.05 Å².